The Labute approximate surface area is 157 Å². The van der Waals surface area contributed by atoms with Gasteiger partial charge < -0.3 is 10.6 Å². The normalized spacial score (nSPS) is 10.5. The van der Waals surface area contributed by atoms with Crippen molar-refractivity contribution in [3.05, 3.63) is 57.2 Å². The highest BCUT2D eigenvalue weighted by Crippen LogP contribution is 2.30. The van der Waals surface area contributed by atoms with Gasteiger partial charge in [0.25, 0.3) is 5.91 Å². The van der Waals surface area contributed by atoms with Gasteiger partial charge in [0.15, 0.2) is 5.13 Å². The lowest BCUT2D eigenvalue weighted by molar-refractivity contribution is -0.115. The van der Waals surface area contributed by atoms with Gasteiger partial charge in [0.05, 0.1) is 27.7 Å². The summed E-state index contributed by atoms with van der Waals surface area (Å²) < 4.78 is 0. The van der Waals surface area contributed by atoms with Crippen molar-refractivity contribution in [2.45, 2.75) is 6.92 Å². The Morgan fingerprint density at radius 2 is 2.00 bits per heavy atom. The standard InChI is InChI=1S/C17H14ClN3O2S2/c1-10-6-7-14(25-10)13-9-24-17(20-13)21-15(22)8-19-16(23)11-4-2-3-5-12(11)18/h2-7,9H,8H2,1H3,(H,19,23)(H,20,21,22). The average Bonchev–Trinajstić information content (AvgIpc) is 3.22. The zero-order valence-corrected chi connectivity index (χ0v) is 15.6. The van der Waals surface area contributed by atoms with E-state index in [4.69, 9.17) is 11.6 Å². The highest BCUT2D eigenvalue weighted by atomic mass is 35.5. The maximum Gasteiger partial charge on any atom is 0.253 e. The number of carbonyl (C=O) groups is 2. The van der Waals surface area contributed by atoms with Crippen molar-refractivity contribution >= 4 is 51.2 Å². The quantitative estimate of drug-likeness (QED) is 0.684. The number of nitrogens with zero attached hydrogens (tertiary/aromatic N) is 1. The number of aromatic nitrogens is 1. The summed E-state index contributed by atoms with van der Waals surface area (Å²) in [4.78, 5) is 30.7. The molecule has 1 aromatic carbocycles. The highest BCUT2D eigenvalue weighted by molar-refractivity contribution is 7.17. The number of thiophene rings is 1. The van der Waals surface area contributed by atoms with Gasteiger partial charge in [-0.25, -0.2) is 4.98 Å². The number of hydrogen-bond acceptors (Lipinski definition) is 5. The summed E-state index contributed by atoms with van der Waals surface area (Å²) in [6, 6.07) is 10.7. The zero-order valence-electron chi connectivity index (χ0n) is 13.2. The molecule has 0 aliphatic heterocycles. The van der Waals surface area contributed by atoms with Crippen LogP contribution in [-0.2, 0) is 4.79 Å². The Morgan fingerprint density at radius 3 is 2.72 bits per heavy atom. The first-order valence-corrected chi connectivity index (χ1v) is 9.45. The van der Waals surface area contributed by atoms with Crippen molar-refractivity contribution in [2.75, 3.05) is 11.9 Å². The number of aryl methyl sites for hydroxylation is 1. The lowest BCUT2D eigenvalue weighted by Crippen LogP contribution is -2.32. The number of thiazole rings is 1. The van der Waals surface area contributed by atoms with Crippen LogP contribution in [0, 0.1) is 6.92 Å². The molecule has 0 atom stereocenters. The molecule has 0 aliphatic rings. The largest absolute Gasteiger partial charge is 0.343 e. The van der Waals surface area contributed by atoms with Crippen LogP contribution in [0.2, 0.25) is 5.02 Å². The third-order valence-corrected chi connectivity index (χ3v) is 5.38. The molecule has 128 valence electrons. The lowest BCUT2D eigenvalue weighted by atomic mass is 10.2. The maximum absolute atomic E-state index is 12.0. The summed E-state index contributed by atoms with van der Waals surface area (Å²) in [5.74, 6) is -0.738. The van der Waals surface area contributed by atoms with Crippen molar-refractivity contribution in [3.8, 4) is 10.6 Å². The summed E-state index contributed by atoms with van der Waals surface area (Å²) in [5, 5.41) is 7.96. The highest BCUT2D eigenvalue weighted by Gasteiger charge is 2.13. The van der Waals surface area contributed by atoms with E-state index in [1.165, 1.54) is 16.2 Å². The summed E-state index contributed by atoms with van der Waals surface area (Å²) in [6.45, 7) is 1.88. The number of hydrogen-bond donors (Lipinski definition) is 2. The number of carbonyl (C=O) groups excluding carboxylic acids is 2. The minimum absolute atomic E-state index is 0.156. The van der Waals surface area contributed by atoms with Gasteiger partial charge in [-0.1, -0.05) is 23.7 Å². The van der Waals surface area contributed by atoms with E-state index in [0.29, 0.717) is 15.7 Å². The average molecular weight is 392 g/mol. The molecule has 0 radical (unpaired) electrons. The number of amides is 2. The molecule has 0 unspecified atom stereocenters. The predicted octanol–water partition coefficient (Wildman–Crippen LogP) is 4.20. The van der Waals surface area contributed by atoms with Crippen LogP contribution in [0.4, 0.5) is 5.13 Å². The Hall–Kier alpha value is -2.22. The first-order chi connectivity index (χ1) is 12.0. The second-order valence-corrected chi connectivity index (χ2v) is 7.71. The monoisotopic (exact) mass is 391 g/mol. The number of anilines is 1. The number of nitrogens with one attached hydrogen (secondary N) is 2. The first-order valence-electron chi connectivity index (χ1n) is 7.38. The van der Waals surface area contributed by atoms with E-state index < -0.39 is 5.91 Å². The molecule has 0 bridgehead atoms. The maximum atomic E-state index is 12.0. The fraction of sp³-hybridized carbons (Fsp3) is 0.118. The van der Waals surface area contributed by atoms with Gasteiger partial charge in [0, 0.05) is 10.3 Å². The summed E-state index contributed by atoms with van der Waals surface area (Å²) in [5.41, 5.74) is 1.17. The van der Waals surface area contributed by atoms with Crippen molar-refractivity contribution in [1.29, 1.82) is 0 Å². The van der Waals surface area contributed by atoms with E-state index in [0.717, 1.165) is 10.6 Å². The molecule has 3 rings (SSSR count). The van der Waals surface area contributed by atoms with E-state index in [2.05, 4.69) is 15.6 Å². The van der Waals surface area contributed by atoms with Crippen LogP contribution in [0.15, 0.2) is 41.8 Å². The molecule has 0 fully saturated rings. The van der Waals surface area contributed by atoms with Gasteiger partial charge in [-0.05, 0) is 31.2 Å². The summed E-state index contributed by atoms with van der Waals surface area (Å²) in [7, 11) is 0. The van der Waals surface area contributed by atoms with Gasteiger partial charge in [-0.2, -0.15) is 0 Å². The van der Waals surface area contributed by atoms with Crippen molar-refractivity contribution in [1.82, 2.24) is 10.3 Å². The van der Waals surface area contributed by atoms with Crippen molar-refractivity contribution in [2.24, 2.45) is 0 Å². The molecule has 25 heavy (non-hydrogen) atoms. The van der Waals surface area contributed by atoms with E-state index in [1.54, 1.807) is 35.6 Å². The molecular weight excluding hydrogens is 378 g/mol. The molecule has 2 heterocycles. The third-order valence-electron chi connectivity index (χ3n) is 3.27. The second kappa shape index (κ2) is 7.77. The van der Waals surface area contributed by atoms with E-state index in [9.17, 15) is 9.59 Å². The molecule has 0 aliphatic carbocycles. The number of rotatable bonds is 5. The van der Waals surface area contributed by atoms with Crippen LogP contribution in [0.5, 0.6) is 0 Å². The van der Waals surface area contributed by atoms with Crippen LogP contribution < -0.4 is 10.6 Å². The topological polar surface area (TPSA) is 71.1 Å². The molecule has 8 heteroatoms. The molecule has 5 nitrogen and oxygen atoms in total. The molecule has 2 N–H and O–H groups in total. The van der Waals surface area contributed by atoms with Crippen LogP contribution in [0.3, 0.4) is 0 Å². The molecule has 0 saturated heterocycles. The number of benzene rings is 1. The molecule has 2 aromatic heterocycles. The van der Waals surface area contributed by atoms with Crippen LogP contribution in [0.1, 0.15) is 15.2 Å². The lowest BCUT2D eigenvalue weighted by Gasteiger charge is -2.06. The Bertz CT molecular complexity index is 920. The van der Waals surface area contributed by atoms with Crippen molar-refractivity contribution in [3.63, 3.8) is 0 Å². The second-order valence-electron chi connectivity index (χ2n) is 5.16. The Kier molecular flexibility index (Phi) is 5.47. The van der Waals surface area contributed by atoms with E-state index in [1.807, 2.05) is 24.4 Å². The first kappa shape index (κ1) is 17.6. The van der Waals surface area contributed by atoms with Gasteiger partial charge in [0.1, 0.15) is 0 Å². The fourth-order valence-electron chi connectivity index (χ4n) is 2.08. The van der Waals surface area contributed by atoms with E-state index in [-0.39, 0.29) is 12.5 Å². The predicted molar refractivity (Wildman–Crippen MR) is 103 cm³/mol. The molecule has 2 amide bonds. The summed E-state index contributed by atoms with van der Waals surface area (Å²) in [6.07, 6.45) is 0. The molecule has 0 spiro atoms. The Balaban J connectivity index is 1.55. The van der Waals surface area contributed by atoms with Crippen LogP contribution in [0.25, 0.3) is 10.6 Å². The van der Waals surface area contributed by atoms with Gasteiger partial charge in [0.2, 0.25) is 5.91 Å². The van der Waals surface area contributed by atoms with E-state index >= 15 is 0 Å². The third kappa shape index (κ3) is 4.45. The number of halogens is 1. The van der Waals surface area contributed by atoms with Gasteiger partial charge >= 0.3 is 0 Å². The summed E-state index contributed by atoms with van der Waals surface area (Å²) >= 11 is 8.95. The van der Waals surface area contributed by atoms with Crippen LogP contribution in [-0.4, -0.2) is 23.3 Å². The minimum atomic E-state index is -0.394. The van der Waals surface area contributed by atoms with Gasteiger partial charge in [-0.15, -0.1) is 22.7 Å². The Morgan fingerprint density at radius 1 is 1.20 bits per heavy atom. The molecular formula is C17H14ClN3O2S2. The minimum Gasteiger partial charge on any atom is -0.343 e. The molecule has 0 saturated carbocycles. The molecule has 3 aromatic rings. The van der Waals surface area contributed by atoms with Crippen molar-refractivity contribution < 1.29 is 9.59 Å². The zero-order chi connectivity index (χ0) is 17.8. The fourth-order valence-corrected chi connectivity index (χ4v) is 3.93. The SMILES string of the molecule is Cc1ccc(-c2csc(NC(=O)CNC(=O)c3ccccc3Cl)n2)s1. The smallest absolute Gasteiger partial charge is 0.253 e. The van der Waals surface area contributed by atoms with Crippen LogP contribution >= 0.6 is 34.3 Å². The van der Waals surface area contributed by atoms with Gasteiger partial charge in [-0.3, -0.25) is 9.59 Å².